The second kappa shape index (κ2) is 3.47. The summed E-state index contributed by atoms with van der Waals surface area (Å²) < 4.78 is 31.6. The Kier molecular flexibility index (Phi) is 2.45. The molecule has 14 heavy (non-hydrogen) atoms. The highest BCUT2D eigenvalue weighted by Crippen LogP contribution is 2.37. The smallest absolute Gasteiger partial charge is 0.148 e. The topological polar surface area (TPSA) is 35.2 Å². The van der Waals surface area contributed by atoms with Gasteiger partial charge in [0.25, 0.3) is 0 Å². The molecule has 76 valence electrons. The lowest BCUT2D eigenvalue weighted by molar-refractivity contribution is 0.261. The van der Waals surface area contributed by atoms with E-state index in [9.17, 15) is 8.78 Å². The summed E-state index contributed by atoms with van der Waals surface area (Å²) >= 11 is 2.82. The third-order valence-corrected chi connectivity index (χ3v) is 2.95. The molecule has 0 saturated heterocycles. The molecule has 2 rings (SSSR count). The summed E-state index contributed by atoms with van der Waals surface area (Å²) in [7, 11) is 0. The summed E-state index contributed by atoms with van der Waals surface area (Å²) in [6.07, 6.45) is 0.544. The Hall–Kier alpha value is -0.680. The van der Waals surface area contributed by atoms with Gasteiger partial charge in [-0.25, -0.2) is 8.78 Å². The second-order valence-electron chi connectivity index (χ2n) is 3.14. The van der Waals surface area contributed by atoms with Crippen molar-refractivity contribution in [3.8, 4) is 5.75 Å². The molecule has 2 N–H and O–H groups in total. The second-order valence-corrected chi connectivity index (χ2v) is 3.93. The van der Waals surface area contributed by atoms with Gasteiger partial charge in [-0.05, 0) is 15.9 Å². The quantitative estimate of drug-likeness (QED) is 0.731. The molecule has 0 amide bonds. The van der Waals surface area contributed by atoms with Crippen molar-refractivity contribution >= 4 is 15.9 Å². The third kappa shape index (κ3) is 1.40. The van der Waals surface area contributed by atoms with Crippen molar-refractivity contribution in [3.63, 3.8) is 0 Å². The van der Waals surface area contributed by atoms with Crippen LogP contribution in [0.5, 0.6) is 5.75 Å². The molecule has 1 aromatic carbocycles. The molecule has 1 atom stereocenters. The van der Waals surface area contributed by atoms with E-state index in [-0.39, 0.29) is 15.8 Å². The molecule has 0 aromatic heterocycles. The fraction of sp³-hybridized carbons (Fsp3) is 0.333. The first-order valence-corrected chi connectivity index (χ1v) is 4.96. The van der Waals surface area contributed by atoms with E-state index in [1.165, 1.54) is 0 Å². The van der Waals surface area contributed by atoms with Crippen molar-refractivity contribution in [1.29, 1.82) is 0 Å². The first kappa shape index (κ1) is 9.86. The summed E-state index contributed by atoms with van der Waals surface area (Å²) in [4.78, 5) is 0. The van der Waals surface area contributed by atoms with Crippen molar-refractivity contribution in [2.45, 2.75) is 12.5 Å². The molecule has 0 saturated carbocycles. The summed E-state index contributed by atoms with van der Waals surface area (Å²) in [5.41, 5.74) is 5.96. The van der Waals surface area contributed by atoms with E-state index in [1.54, 1.807) is 0 Å². The molecule has 0 spiro atoms. The molecular formula is C9H8BrF2NO. The Morgan fingerprint density at radius 3 is 2.93 bits per heavy atom. The fourth-order valence-electron chi connectivity index (χ4n) is 1.49. The van der Waals surface area contributed by atoms with Gasteiger partial charge < -0.3 is 10.5 Å². The van der Waals surface area contributed by atoms with Gasteiger partial charge in [0.2, 0.25) is 0 Å². The van der Waals surface area contributed by atoms with Crippen LogP contribution in [0.4, 0.5) is 8.78 Å². The normalized spacial score (nSPS) is 20.1. The number of ether oxygens (including phenoxy) is 1. The van der Waals surface area contributed by atoms with E-state index in [2.05, 4.69) is 15.9 Å². The molecular weight excluding hydrogens is 256 g/mol. The van der Waals surface area contributed by atoms with Crippen LogP contribution in [-0.4, -0.2) is 6.61 Å². The Labute approximate surface area is 88.2 Å². The van der Waals surface area contributed by atoms with Crippen LogP contribution in [0.25, 0.3) is 0 Å². The average molecular weight is 264 g/mol. The number of nitrogens with two attached hydrogens (primary N) is 1. The molecule has 1 heterocycles. The van der Waals surface area contributed by atoms with Crippen LogP contribution in [0.3, 0.4) is 0 Å². The van der Waals surface area contributed by atoms with Crippen LogP contribution in [-0.2, 0) is 0 Å². The standard InChI is InChI=1S/C9H8BrF2NO/c10-8-4(11)3-6-7(9(8)12)5(13)1-2-14-6/h3,5H,1-2,13H2/t5-/m0/s1. The first-order valence-electron chi connectivity index (χ1n) is 4.17. The van der Waals surface area contributed by atoms with Gasteiger partial charge >= 0.3 is 0 Å². The van der Waals surface area contributed by atoms with Gasteiger partial charge in [-0.1, -0.05) is 0 Å². The van der Waals surface area contributed by atoms with Crippen LogP contribution < -0.4 is 10.5 Å². The van der Waals surface area contributed by atoms with Crippen LogP contribution in [0, 0.1) is 11.6 Å². The van der Waals surface area contributed by atoms with Gasteiger partial charge in [0.15, 0.2) is 0 Å². The maximum absolute atomic E-state index is 13.5. The maximum atomic E-state index is 13.5. The lowest BCUT2D eigenvalue weighted by atomic mass is 10.0. The number of hydrogen-bond acceptors (Lipinski definition) is 2. The van der Waals surface area contributed by atoms with E-state index in [0.717, 1.165) is 6.07 Å². The van der Waals surface area contributed by atoms with E-state index in [1.807, 2.05) is 0 Å². The number of hydrogen-bond donors (Lipinski definition) is 1. The summed E-state index contributed by atoms with van der Waals surface area (Å²) in [6.45, 7) is 0.397. The lowest BCUT2D eigenvalue weighted by Gasteiger charge is -2.23. The summed E-state index contributed by atoms with van der Waals surface area (Å²) in [5.74, 6) is -1.12. The zero-order valence-corrected chi connectivity index (χ0v) is 8.77. The first-order chi connectivity index (χ1) is 6.61. The van der Waals surface area contributed by atoms with Gasteiger partial charge in [-0.15, -0.1) is 0 Å². The molecule has 5 heteroatoms. The predicted molar refractivity (Wildman–Crippen MR) is 51.1 cm³/mol. The van der Waals surface area contributed by atoms with Gasteiger partial charge in [-0.2, -0.15) is 0 Å². The summed E-state index contributed by atoms with van der Waals surface area (Å²) in [5, 5.41) is 0. The minimum atomic E-state index is -0.671. The zero-order valence-electron chi connectivity index (χ0n) is 7.19. The van der Waals surface area contributed by atoms with E-state index in [4.69, 9.17) is 10.5 Å². The van der Waals surface area contributed by atoms with Crippen molar-refractivity contribution in [3.05, 3.63) is 27.7 Å². The number of rotatable bonds is 0. The van der Waals surface area contributed by atoms with Crippen LogP contribution in [0.15, 0.2) is 10.5 Å². The minimum absolute atomic E-state index is 0.183. The highest BCUT2D eigenvalue weighted by Gasteiger charge is 2.25. The molecule has 2 nitrogen and oxygen atoms in total. The Morgan fingerprint density at radius 2 is 2.21 bits per heavy atom. The molecule has 1 aliphatic heterocycles. The Morgan fingerprint density at radius 1 is 1.50 bits per heavy atom. The molecule has 0 aliphatic carbocycles. The highest BCUT2D eigenvalue weighted by atomic mass is 79.9. The maximum Gasteiger partial charge on any atom is 0.148 e. The Bertz CT molecular complexity index is 384. The Balaban J connectivity index is 2.64. The molecule has 1 aliphatic rings. The minimum Gasteiger partial charge on any atom is -0.493 e. The van der Waals surface area contributed by atoms with Gasteiger partial charge in [0.05, 0.1) is 11.1 Å². The monoisotopic (exact) mass is 263 g/mol. The predicted octanol–water partition coefficient (Wildman–Crippen LogP) is 2.51. The zero-order chi connectivity index (χ0) is 10.3. The van der Waals surface area contributed by atoms with Crippen molar-refractivity contribution < 1.29 is 13.5 Å². The lowest BCUT2D eigenvalue weighted by Crippen LogP contribution is -2.22. The SMILES string of the molecule is N[C@H]1CCOc2cc(F)c(Br)c(F)c21. The van der Waals surface area contributed by atoms with Gasteiger partial charge in [-0.3, -0.25) is 0 Å². The van der Waals surface area contributed by atoms with Gasteiger partial charge in [0.1, 0.15) is 17.4 Å². The van der Waals surface area contributed by atoms with E-state index >= 15 is 0 Å². The molecule has 0 unspecified atom stereocenters. The van der Waals surface area contributed by atoms with Crippen molar-refractivity contribution in [2.75, 3.05) is 6.61 Å². The molecule has 0 bridgehead atoms. The van der Waals surface area contributed by atoms with E-state index in [0.29, 0.717) is 13.0 Å². The van der Waals surface area contributed by atoms with Crippen LogP contribution >= 0.6 is 15.9 Å². The largest absolute Gasteiger partial charge is 0.493 e. The highest BCUT2D eigenvalue weighted by molar-refractivity contribution is 9.10. The number of benzene rings is 1. The molecule has 1 aromatic rings. The van der Waals surface area contributed by atoms with Crippen molar-refractivity contribution in [2.24, 2.45) is 5.73 Å². The van der Waals surface area contributed by atoms with Crippen molar-refractivity contribution in [1.82, 2.24) is 0 Å². The molecule has 0 fully saturated rings. The van der Waals surface area contributed by atoms with Gasteiger partial charge in [0, 0.05) is 24.1 Å². The van der Waals surface area contributed by atoms with E-state index < -0.39 is 17.7 Å². The molecule has 0 radical (unpaired) electrons. The third-order valence-electron chi connectivity index (χ3n) is 2.22. The summed E-state index contributed by atoms with van der Waals surface area (Å²) in [6, 6.07) is 0.734. The van der Waals surface area contributed by atoms with Crippen LogP contribution in [0.2, 0.25) is 0 Å². The number of halogens is 3. The number of fused-ring (bicyclic) bond motifs is 1. The average Bonchev–Trinajstić information content (AvgIpc) is 2.14. The fourth-order valence-corrected chi connectivity index (χ4v) is 1.82. The van der Waals surface area contributed by atoms with Crippen LogP contribution in [0.1, 0.15) is 18.0 Å².